The lowest BCUT2D eigenvalue weighted by atomic mass is 9.81. The van der Waals surface area contributed by atoms with E-state index in [-0.39, 0.29) is 17.5 Å². The fourth-order valence-corrected chi connectivity index (χ4v) is 4.90. The Kier molecular flexibility index (Phi) is 17.3. The SMILES string of the molecule is COC(C)C(C(=O)O)N(C)C(=O)C1(N(O)C(=O)/C=C/C=C/C=C/C=C\CNC(=O)C(C)(C)C(O)\C(C)=C/C=C\C=C\Cc2cnc(C)o2)COCO1. The highest BCUT2D eigenvalue weighted by Crippen LogP contribution is 2.27. The van der Waals surface area contributed by atoms with Crippen LogP contribution in [0.4, 0.5) is 0 Å². The quantitative estimate of drug-likeness (QED) is 0.0704. The summed E-state index contributed by atoms with van der Waals surface area (Å²) in [7, 11) is 2.48. The van der Waals surface area contributed by atoms with E-state index in [0.29, 0.717) is 17.9 Å². The van der Waals surface area contributed by atoms with Crippen molar-refractivity contribution in [3.8, 4) is 0 Å². The van der Waals surface area contributed by atoms with Crippen molar-refractivity contribution in [2.24, 2.45) is 5.41 Å². The van der Waals surface area contributed by atoms with E-state index in [0.717, 1.165) is 16.7 Å². The van der Waals surface area contributed by atoms with E-state index in [1.165, 1.54) is 33.2 Å². The van der Waals surface area contributed by atoms with Crippen LogP contribution in [0.25, 0.3) is 0 Å². The normalized spacial score (nSPS) is 19.1. The lowest BCUT2D eigenvalue weighted by Crippen LogP contribution is -2.64. The van der Waals surface area contributed by atoms with Crippen LogP contribution in [0.3, 0.4) is 0 Å². The first-order valence-electron chi connectivity index (χ1n) is 16.4. The topological polar surface area (TPSA) is 201 Å². The molecule has 0 spiro atoms. The standard InChI is InChI=1S/C37H50N4O11/c1-26(19-15-12-13-16-20-29-23-39-28(3)52-29)32(43)36(4,5)34(46)38-22-18-14-10-8-9-11-17-21-30(42)41(48)37(24-50-25-51-37)35(47)40(6)31(33(44)45)27(2)49-7/h8-19,21,23,27,31-32,43,48H,20,22,24-25H2,1-7H3,(H,38,46)(H,44,45)/b10-8+,11-9+,15-12-,16-13+,18-14-,21-17+,26-19-. The molecule has 284 valence electrons. The van der Waals surface area contributed by atoms with Crippen molar-refractivity contribution in [3.05, 3.63) is 102 Å². The van der Waals surface area contributed by atoms with E-state index in [1.54, 1.807) is 76.4 Å². The Balaban J connectivity index is 1.84. The minimum absolute atomic E-state index is 0.0739. The molecule has 2 heterocycles. The molecule has 1 aromatic rings. The summed E-state index contributed by atoms with van der Waals surface area (Å²) in [5.41, 5.74) is -2.75. The van der Waals surface area contributed by atoms with Gasteiger partial charge in [0.15, 0.2) is 18.7 Å². The fraction of sp³-hybridized carbons (Fsp3) is 0.432. The highest BCUT2D eigenvalue weighted by Gasteiger charge is 2.54. The molecule has 0 aromatic carbocycles. The van der Waals surface area contributed by atoms with Crippen molar-refractivity contribution >= 4 is 23.7 Å². The molecule has 0 bridgehead atoms. The molecule has 3 amide bonds. The molecule has 0 saturated carbocycles. The second-order valence-corrected chi connectivity index (χ2v) is 12.3. The molecule has 1 aromatic heterocycles. The summed E-state index contributed by atoms with van der Waals surface area (Å²) in [4.78, 5) is 55.5. The number of carboxylic acid groups (broad SMARTS) is 1. The van der Waals surface area contributed by atoms with Crippen LogP contribution >= 0.6 is 0 Å². The molecule has 1 fully saturated rings. The number of aliphatic carboxylic acids is 1. The number of aliphatic hydroxyl groups is 1. The molecule has 2 rings (SSSR count). The summed E-state index contributed by atoms with van der Waals surface area (Å²) in [5.74, 6) is -2.31. The molecule has 0 aliphatic carbocycles. The van der Waals surface area contributed by atoms with Crippen LogP contribution in [0.1, 0.15) is 39.3 Å². The number of hydrogen-bond acceptors (Lipinski definition) is 11. The Morgan fingerprint density at radius 1 is 1.08 bits per heavy atom. The summed E-state index contributed by atoms with van der Waals surface area (Å²) in [6.45, 7) is 7.62. The molecule has 1 aliphatic rings. The number of carbonyl (C=O) groups excluding carboxylic acids is 3. The van der Waals surface area contributed by atoms with Crippen LogP contribution < -0.4 is 5.32 Å². The van der Waals surface area contributed by atoms with E-state index < -0.39 is 60.6 Å². The van der Waals surface area contributed by atoms with Crippen LogP contribution in [-0.4, -0.2) is 112 Å². The van der Waals surface area contributed by atoms with Gasteiger partial charge in [-0.3, -0.25) is 19.6 Å². The number of nitrogens with one attached hydrogen (secondary N) is 1. The molecular weight excluding hydrogens is 676 g/mol. The van der Waals surface area contributed by atoms with Crippen LogP contribution in [0.2, 0.25) is 0 Å². The minimum Gasteiger partial charge on any atom is -0.480 e. The maximum atomic E-state index is 13.3. The number of aliphatic hydroxyl groups excluding tert-OH is 1. The average Bonchev–Trinajstić information content (AvgIpc) is 3.78. The molecule has 52 heavy (non-hydrogen) atoms. The number of carboxylic acids is 1. The zero-order valence-corrected chi connectivity index (χ0v) is 30.6. The third-order valence-electron chi connectivity index (χ3n) is 8.09. The second-order valence-electron chi connectivity index (χ2n) is 12.3. The lowest BCUT2D eigenvalue weighted by Gasteiger charge is -2.37. The van der Waals surface area contributed by atoms with Crippen LogP contribution in [0, 0.1) is 12.3 Å². The van der Waals surface area contributed by atoms with E-state index >= 15 is 0 Å². The average molecular weight is 727 g/mol. The van der Waals surface area contributed by atoms with Gasteiger partial charge in [0.1, 0.15) is 12.4 Å². The van der Waals surface area contributed by atoms with E-state index in [9.17, 15) is 34.6 Å². The third-order valence-corrected chi connectivity index (χ3v) is 8.09. The number of ether oxygens (including phenoxy) is 3. The van der Waals surface area contributed by atoms with Gasteiger partial charge < -0.3 is 39.1 Å². The summed E-state index contributed by atoms with van der Waals surface area (Å²) in [6.07, 6.45) is 21.7. The summed E-state index contributed by atoms with van der Waals surface area (Å²) < 4.78 is 20.9. The number of aromatic nitrogens is 1. The predicted octanol–water partition coefficient (Wildman–Crippen LogP) is 3.18. The molecule has 15 nitrogen and oxygen atoms in total. The zero-order valence-electron chi connectivity index (χ0n) is 30.6. The van der Waals surface area contributed by atoms with Gasteiger partial charge in [-0.2, -0.15) is 5.06 Å². The molecule has 1 aliphatic heterocycles. The number of hydroxylamine groups is 2. The highest BCUT2D eigenvalue weighted by atomic mass is 16.8. The molecule has 4 N–H and O–H groups in total. The van der Waals surface area contributed by atoms with Crippen molar-refractivity contribution in [2.75, 3.05) is 34.1 Å². The Labute approximate surface area is 303 Å². The smallest absolute Gasteiger partial charge is 0.329 e. The summed E-state index contributed by atoms with van der Waals surface area (Å²) in [5, 5.41) is 34.0. The first-order valence-corrected chi connectivity index (χ1v) is 16.4. The van der Waals surface area contributed by atoms with Crippen molar-refractivity contribution in [2.45, 2.75) is 65.0 Å². The largest absolute Gasteiger partial charge is 0.480 e. The van der Waals surface area contributed by atoms with Crippen molar-refractivity contribution in [1.29, 1.82) is 0 Å². The van der Waals surface area contributed by atoms with E-state index in [2.05, 4.69) is 10.3 Å². The molecule has 1 saturated heterocycles. The maximum absolute atomic E-state index is 13.3. The second kappa shape index (κ2) is 20.8. The third kappa shape index (κ3) is 12.1. The molecule has 15 heteroatoms. The zero-order chi connectivity index (χ0) is 38.9. The van der Waals surface area contributed by atoms with Crippen LogP contribution in [0.15, 0.2) is 95.2 Å². The first kappa shape index (κ1) is 43.2. The van der Waals surface area contributed by atoms with Gasteiger partial charge in [-0.05, 0) is 33.3 Å². The van der Waals surface area contributed by atoms with Gasteiger partial charge in [-0.1, -0.05) is 72.9 Å². The van der Waals surface area contributed by atoms with Gasteiger partial charge in [0.25, 0.3) is 17.5 Å². The van der Waals surface area contributed by atoms with Gasteiger partial charge in [0, 0.05) is 40.1 Å². The number of carbonyl (C=O) groups is 4. The summed E-state index contributed by atoms with van der Waals surface area (Å²) in [6, 6.07) is -1.43. The fourth-order valence-electron chi connectivity index (χ4n) is 4.90. The van der Waals surface area contributed by atoms with Crippen molar-refractivity contribution in [3.63, 3.8) is 0 Å². The number of amides is 3. The molecule has 4 atom stereocenters. The lowest BCUT2D eigenvalue weighted by molar-refractivity contribution is -0.246. The highest BCUT2D eigenvalue weighted by molar-refractivity contribution is 5.95. The number of oxazole rings is 1. The Bertz CT molecular complexity index is 1580. The Morgan fingerprint density at radius 3 is 2.31 bits per heavy atom. The molecule has 0 radical (unpaired) electrons. The summed E-state index contributed by atoms with van der Waals surface area (Å²) >= 11 is 0. The van der Waals surface area contributed by atoms with Crippen molar-refractivity contribution < 1.29 is 53.2 Å². The number of allylic oxidation sites excluding steroid dienone is 11. The molecular formula is C37H50N4O11. The monoisotopic (exact) mass is 726 g/mol. The number of likely N-dealkylation sites (N-methyl/N-ethyl adjacent to an activating group) is 1. The Hall–Kier alpha value is -4.93. The predicted molar refractivity (Wildman–Crippen MR) is 190 cm³/mol. The van der Waals surface area contributed by atoms with Crippen LogP contribution in [0.5, 0.6) is 0 Å². The van der Waals surface area contributed by atoms with Gasteiger partial charge in [0.2, 0.25) is 5.91 Å². The Morgan fingerprint density at radius 2 is 1.71 bits per heavy atom. The van der Waals surface area contributed by atoms with Gasteiger partial charge >= 0.3 is 5.97 Å². The number of methoxy groups -OCH3 is 1. The van der Waals surface area contributed by atoms with Gasteiger partial charge in [-0.25, -0.2) is 9.78 Å². The van der Waals surface area contributed by atoms with Crippen molar-refractivity contribution in [1.82, 2.24) is 20.3 Å². The minimum atomic E-state index is -2.29. The van der Waals surface area contributed by atoms with E-state index in [4.69, 9.17) is 18.6 Å². The first-order chi connectivity index (χ1) is 24.6. The number of aryl methyl sites for hydroxylation is 1. The molecule has 4 unspecified atom stereocenters. The van der Waals surface area contributed by atoms with Crippen LogP contribution in [-0.2, 0) is 39.8 Å². The van der Waals surface area contributed by atoms with Gasteiger partial charge in [-0.15, -0.1) is 0 Å². The number of hydrogen-bond donors (Lipinski definition) is 4. The van der Waals surface area contributed by atoms with E-state index in [1.807, 2.05) is 18.2 Å². The number of nitrogens with zero attached hydrogens (tertiary/aromatic N) is 3. The maximum Gasteiger partial charge on any atom is 0.329 e. The number of rotatable bonds is 19. The van der Waals surface area contributed by atoms with Gasteiger partial charge in [0.05, 0.1) is 23.8 Å².